The van der Waals surface area contributed by atoms with Crippen LogP contribution in [-0.2, 0) is 5.60 Å². The molecule has 4 heteroatoms. The van der Waals surface area contributed by atoms with Crippen molar-refractivity contribution >= 4 is 16.5 Å². The Labute approximate surface area is 110 Å². The predicted octanol–water partition coefficient (Wildman–Crippen LogP) is 2.86. The Morgan fingerprint density at radius 3 is 2.94 bits per heavy atom. The van der Waals surface area contributed by atoms with Crippen LogP contribution in [0.25, 0.3) is 0 Å². The minimum atomic E-state index is -0.918. The van der Waals surface area contributed by atoms with Crippen molar-refractivity contribution in [2.45, 2.75) is 31.3 Å². The number of nitrogens with two attached hydrogens (primary N) is 1. The van der Waals surface area contributed by atoms with Crippen molar-refractivity contribution in [1.82, 2.24) is 4.98 Å². The van der Waals surface area contributed by atoms with E-state index in [1.807, 2.05) is 18.2 Å². The molecule has 0 spiro atoms. The van der Waals surface area contributed by atoms with Gasteiger partial charge in [0.25, 0.3) is 0 Å². The van der Waals surface area contributed by atoms with Gasteiger partial charge in [-0.25, -0.2) is 4.98 Å². The Morgan fingerprint density at radius 1 is 1.44 bits per heavy atom. The molecule has 0 amide bonds. The van der Waals surface area contributed by atoms with Crippen LogP contribution in [0, 0.1) is 0 Å². The molecule has 0 fully saturated rings. The summed E-state index contributed by atoms with van der Waals surface area (Å²) in [4.78, 5) is 4.91. The topological polar surface area (TPSA) is 59.1 Å². The van der Waals surface area contributed by atoms with Crippen LogP contribution in [0.3, 0.4) is 0 Å². The Balaban J connectivity index is 2.17. The van der Waals surface area contributed by atoms with Gasteiger partial charge >= 0.3 is 0 Å². The minimum absolute atomic E-state index is 0.492. The van der Waals surface area contributed by atoms with Crippen molar-refractivity contribution < 1.29 is 5.11 Å². The zero-order chi connectivity index (χ0) is 12.8. The summed E-state index contributed by atoms with van der Waals surface area (Å²) in [7, 11) is 0. The Bertz CT molecular complexity index is 581. The molecule has 3 N–H and O–H groups in total. The largest absolute Gasteiger partial charge is 0.379 e. The van der Waals surface area contributed by atoms with Gasteiger partial charge in [-0.1, -0.05) is 42.5 Å². The van der Waals surface area contributed by atoms with Gasteiger partial charge in [-0.3, -0.25) is 0 Å². The molecule has 0 saturated heterocycles. The van der Waals surface area contributed by atoms with Crippen molar-refractivity contribution in [2.75, 3.05) is 5.73 Å². The van der Waals surface area contributed by atoms with Gasteiger partial charge in [-0.2, -0.15) is 0 Å². The molecule has 0 saturated carbocycles. The van der Waals surface area contributed by atoms with Crippen LogP contribution in [0.2, 0.25) is 0 Å². The fraction of sp³-hybridized carbons (Fsp3) is 0.357. The molecule has 0 bridgehead atoms. The van der Waals surface area contributed by atoms with Crippen LogP contribution in [0.4, 0.5) is 5.13 Å². The standard InChI is InChI=1S/C14H16N2OS/c1-9-6-7-14(17,12-8-16-13(15)18-12)11-5-3-2-4-10(9)11/h2-5,8-9,17H,6-7H2,1H3,(H2,15,16). The summed E-state index contributed by atoms with van der Waals surface area (Å²) in [6.07, 6.45) is 3.41. The quantitative estimate of drug-likeness (QED) is 0.829. The predicted molar refractivity (Wildman–Crippen MR) is 73.6 cm³/mol. The SMILES string of the molecule is CC1CCC(O)(c2cnc(N)s2)c2ccccc21. The molecule has 1 heterocycles. The van der Waals surface area contributed by atoms with E-state index in [2.05, 4.69) is 18.0 Å². The number of fused-ring (bicyclic) bond motifs is 1. The zero-order valence-electron chi connectivity index (χ0n) is 10.3. The normalized spacial score (nSPS) is 26.9. The highest BCUT2D eigenvalue weighted by molar-refractivity contribution is 7.15. The lowest BCUT2D eigenvalue weighted by molar-refractivity contribution is 0.0614. The van der Waals surface area contributed by atoms with E-state index in [-0.39, 0.29) is 0 Å². The number of hydrogen-bond acceptors (Lipinski definition) is 4. The van der Waals surface area contributed by atoms with Crippen molar-refractivity contribution in [3.63, 3.8) is 0 Å². The number of anilines is 1. The number of benzene rings is 1. The Kier molecular flexibility index (Phi) is 2.64. The van der Waals surface area contributed by atoms with E-state index in [9.17, 15) is 5.11 Å². The summed E-state index contributed by atoms with van der Waals surface area (Å²) < 4.78 is 0. The Morgan fingerprint density at radius 2 is 2.22 bits per heavy atom. The van der Waals surface area contributed by atoms with E-state index >= 15 is 0 Å². The average Bonchev–Trinajstić information content (AvgIpc) is 2.82. The molecule has 2 aromatic rings. The lowest BCUT2D eigenvalue weighted by Crippen LogP contribution is -2.32. The van der Waals surface area contributed by atoms with Crippen molar-refractivity contribution in [3.05, 3.63) is 46.5 Å². The molecule has 1 aliphatic carbocycles. The maximum absolute atomic E-state index is 11.0. The number of aromatic nitrogens is 1. The van der Waals surface area contributed by atoms with Crippen molar-refractivity contribution in [3.8, 4) is 0 Å². The fourth-order valence-corrected chi connectivity index (χ4v) is 3.57. The maximum atomic E-state index is 11.0. The molecule has 2 atom stereocenters. The third-order valence-corrected chi connectivity index (χ3v) is 4.79. The number of nitrogen functional groups attached to an aromatic ring is 1. The molecule has 94 valence electrons. The molecule has 1 aromatic carbocycles. The highest BCUT2D eigenvalue weighted by Crippen LogP contribution is 2.46. The molecular formula is C14H16N2OS. The molecule has 18 heavy (non-hydrogen) atoms. The summed E-state index contributed by atoms with van der Waals surface area (Å²) in [6.45, 7) is 2.21. The minimum Gasteiger partial charge on any atom is -0.379 e. The molecule has 1 aliphatic rings. The van der Waals surface area contributed by atoms with Gasteiger partial charge in [0.2, 0.25) is 0 Å². The van der Waals surface area contributed by atoms with E-state index < -0.39 is 5.60 Å². The zero-order valence-corrected chi connectivity index (χ0v) is 11.1. The molecule has 1 aromatic heterocycles. The smallest absolute Gasteiger partial charge is 0.180 e. The van der Waals surface area contributed by atoms with Crippen LogP contribution < -0.4 is 5.73 Å². The molecule has 3 rings (SSSR count). The first-order valence-corrected chi connectivity index (χ1v) is 6.96. The molecule has 0 radical (unpaired) electrons. The van der Waals surface area contributed by atoms with Crippen LogP contribution in [-0.4, -0.2) is 10.1 Å². The second-order valence-electron chi connectivity index (χ2n) is 4.95. The third-order valence-electron chi connectivity index (χ3n) is 3.81. The second-order valence-corrected chi connectivity index (χ2v) is 6.01. The van der Waals surface area contributed by atoms with Gasteiger partial charge in [-0.05, 0) is 29.9 Å². The highest BCUT2D eigenvalue weighted by atomic mass is 32.1. The van der Waals surface area contributed by atoms with Crippen LogP contribution >= 0.6 is 11.3 Å². The van der Waals surface area contributed by atoms with E-state index in [1.165, 1.54) is 16.9 Å². The van der Waals surface area contributed by atoms with Crippen LogP contribution in [0.5, 0.6) is 0 Å². The van der Waals surface area contributed by atoms with Crippen molar-refractivity contribution in [1.29, 1.82) is 0 Å². The summed E-state index contributed by atoms with van der Waals surface area (Å²) >= 11 is 1.37. The summed E-state index contributed by atoms with van der Waals surface area (Å²) in [5.41, 5.74) is 7.01. The van der Waals surface area contributed by atoms with Gasteiger partial charge in [0.1, 0.15) is 5.60 Å². The van der Waals surface area contributed by atoms with Gasteiger partial charge in [0, 0.05) is 6.20 Å². The van der Waals surface area contributed by atoms with E-state index in [1.54, 1.807) is 6.20 Å². The van der Waals surface area contributed by atoms with E-state index in [0.29, 0.717) is 11.0 Å². The number of hydrogen-bond donors (Lipinski definition) is 2. The van der Waals surface area contributed by atoms with Gasteiger partial charge < -0.3 is 10.8 Å². The summed E-state index contributed by atoms with van der Waals surface area (Å²) in [5, 5.41) is 11.5. The first-order chi connectivity index (χ1) is 8.61. The summed E-state index contributed by atoms with van der Waals surface area (Å²) in [5.74, 6) is 0.492. The number of thiazole rings is 1. The van der Waals surface area contributed by atoms with E-state index in [4.69, 9.17) is 5.73 Å². The van der Waals surface area contributed by atoms with Gasteiger partial charge in [-0.15, -0.1) is 0 Å². The van der Waals surface area contributed by atoms with Crippen molar-refractivity contribution in [2.24, 2.45) is 0 Å². The van der Waals surface area contributed by atoms with Crippen LogP contribution in [0.1, 0.15) is 41.7 Å². The summed E-state index contributed by atoms with van der Waals surface area (Å²) in [6, 6.07) is 8.13. The lowest BCUT2D eigenvalue weighted by Gasteiger charge is -2.36. The first-order valence-electron chi connectivity index (χ1n) is 6.15. The van der Waals surface area contributed by atoms with E-state index in [0.717, 1.165) is 23.3 Å². The molecule has 0 aliphatic heterocycles. The highest BCUT2D eigenvalue weighted by Gasteiger charge is 2.39. The molecule has 3 nitrogen and oxygen atoms in total. The van der Waals surface area contributed by atoms with Gasteiger partial charge in [0.05, 0.1) is 4.88 Å². The number of rotatable bonds is 1. The van der Waals surface area contributed by atoms with Gasteiger partial charge in [0.15, 0.2) is 5.13 Å². The second kappa shape index (κ2) is 4.07. The number of nitrogens with zero attached hydrogens (tertiary/aromatic N) is 1. The lowest BCUT2D eigenvalue weighted by atomic mass is 9.74. The monoisotopic (exact) mass is 260 g/mol. The molecular weight excluding hydrogens is 244 g/mol. The first kappa shape index (κ1) is 11.7. The number of aliphatic hydroxyl groups is 1. The maximum Gasteiger partial charge on any atom is 0.180 e. The molecule has 2 unspecified atom stereocenters. The van der Waals surface area contributed by atoms with Crippen LogP contribution in [0.15, 0.2) is 30.5 Å². The fourth-order valence-electron chi connectivity index (χ4n) is 2.75. The average molecular weight is 260 g/mol. The third kappa shape index (κ3) is 1.64. The Hall–Kier alpha value is -1.39.